The quantitative estimate of drug-likeness (QED) is 0.291. The Kier molecular flexibility index (Phi) is 10.3. The zero-order chi connectivity index (χ0) is 21.8. The van der Waals surface area contributed by atoms with Crippen LogP contribution in [0.3, 0.4) is 0 Å². The SMILES string of the molecule is CCOc1ccc(C(C)NC(=NC)NCCNC(=O)CC2CCCC2)cc1OCC. The minimum atomic E-state index is 0.0306. The van der Waals surface area contributed by atoms with Gasteiger partial charge in [0.15, 0.2) is 17.5 Å². The average molecular weight is 419 g/mol. The molecular formula is C23H38N4O3. The van der Waals surface area contributed by atoms with Crippen molar-refractivity contribution in [3.05, 3.63) is 23.8 Å². The van der Waals surface area contributed by atoms with Gasteiger partial charge in [0.05, 0.1) is 19.3 Å². The van der Waals surface area contributed by atoms with Crippen molar-refractivity contribution in [1.82, 2.24) is 16.0 Å². The maximum absolute atomic E-state index is 12.0. The molecule has 30 heavy (non-hydrogen) atoms. The molecule has 0 radical (unpaired) electrons. The number of amides is 1. The monoisotopic (exact) mass is 418 g/mol. The molecule has 7 heteroatoms. The highest BCUT2D eigenvalue weighted by molar-refractivity contribution is 5.80. The Morgan fingerprint density at radius 3 is 2.43 bits per heavy atom. The van der Waals surface area contributed by atoms with E-state index < -0.39 is 0 Å². The zero-order valence-electron chi connectivity index (χ0n) is 18.9. The van der Waals surface area contributed by atoms with E-state index in [0.717, 1.165) is 17.1 Å². The normalized spacial score (nSPS) is 15.5. The third-order valence-corrected chi connectivity index (χ3v) is 5.33. The minimum Gasteiger partial charge on any atom is -0.490 e. The van der Waals surface area contributed by atoms with E-state index in [-0.39, 0.29) is 11.9 Å². The lowest BCUT2D eigenvalue weighted by Gasteiger charge is -2.20. The molecule has 1 aromatic carbocycles. The maximum Gasteiger partial charge on any atom is 0.220 e. The number of guanidine groups is 1. The number of hydrogen-bond acceptors (Lipinski definition) is 4. The molecular weight excluding hydrogens is 380 g/mol. The zero-order valence-corrected chi connectivity index (χ0v) is 18.9. The number of hydrogen-bond donors (Lipinski definition) is 3. The molecule has 0 aliphatic heterocycles. The van der Waals surface area contributed by atoms with Gasteiger partial charge in [0.1, 0.15) is 0 Å². The second-order valence-corrected chi connectivity index (χ2v) is 7.64. The van der Waals surface area contributed by atoms with Gasteiger partial charge in [-0.25, -0.2) is 0 Å². The molecule has 1 fully saturated rings. The molecule has 3 N–H and O–H groups in total. The molecule has 7 nitrogen and oxygen atoms in total. The summed E-state index contributed by atoms with van der Waals surface area (Å²) >= 11 is 0. The molecule has 1 saturated carbocycles. The van der Waals surface area contributed by atoms with Crippen molar-refractivity contribution in [3.8, 4) is 11.5 Å². The number of carbonyl (C=O) groups excluding carboxylic acids is 1. The number of carbonyl (C=O) groups is 1. The number of nitrogens with zero attached hydrogens (tertiary/aromatic N) is 1. The van der Waals surface area contributed by atoms with Crippen LogP contribution in [0.5, 0.6) is 11.5 Å². The smallest absolute Gasteiger partial charge is 0.220 e. The Morgan fingerprint density at radius 1 is 1.10 bits per heavy atom. The van der Waals surface area contributed by atoms with E-state index >= 15 is 0 Å². The molecule has 0 spiro atoms. The fraction of sp³-hybridized carbons (Fsp3) is 0.652. The summed E-state index contributed by atoms with van der Waals surface area (Å²) in [6.45, 7) is 8.38. The number of rotatable bonds is 11. The molecule has 1 amide bonds. The van der Waals surface area contributed by atoms with Crippen LogP contribution < -0.4 is 25.4 Å². The van der Waals surface area contributed by atoms with Gasteiger partial charge in [-0.05, 0) is 57.2 Å². The standard InChI is InChI=1S/C23H38N4O3/c1-5-29-20-12-11-19(16-21(20)30-6-2)17(3)27-23(24-4)26-14-13-25-22(28)15-18-9-7-8-10-18/h11-12,16-18H,5-10,13-15H2,1-4H3,(H,25,28)(H2,24,26,27). The number of ether oxygens (including phenoxy) is 2. The lowest BCUT2D eigenvalue weighted by atomic mass is 10.0. The Bertz CT molecular complexity index is 687. The van der Waals surface area contributed by atoms with E-state index in [4.69, 9.17) is 9.47 Å². The summed E-state index contributed by atoms with van der Waals surface area (Å²) in [6.07, 6.45) is 5.57. The first kappa shape index (κ1) is 23.8. The summed E-state index contributed by atoms with van der Waals surface area (Å²) in [5, 5.41) is 9.64. The molecule has 0 bridgehead atoms. The molecule has 168 valence electrons. The minimum absolute atomic E-state index is 0.0306. The summed E-state index contributed by atoms with van der Waals surface area (Å²) < 4.78 is 11.4. The predicted octanol–water partition coefficient (Wildman–Crippen LogP) is 3.41. The fourth-order valence-corrected chi connectivity index (χ4v) is 3.75. The Morgan fingerprint density at radius 2 is 1.77 bits per heavy atom. The first-order valence-corrected chi connectivity index (χ1v) is 11.2. The lowest BCUT2D eigenvalue weighted by molar-refractivity contribution is -0.121. The third-order valence-electron chi connectivity index (χ3n) is 5.33. The fourth-order valence-electron chi connectivity index (χ4n) is 3.75. The van der Waals surface area contributed by atoms with Gasteiger partial charge in [-0.2, -0.15) is 0 Å². The van der Waals surface area contributed by atoms with Gasteiger partial charge in [0.2, 0.25) is 5.91 Å². The van der Waals surface area contributed by atoms with E-state index in [9.17, 15) is 4.79 Å². The first-order chi connectivity index (χ1) is 14.6. The molecule has 0 aromatic heterocycles. The van der Waals surface area contributed by atoms with Crippen LogP contribution in [0, 0.1) is 5.92 Å². The molecule has 1 unspecified atom stereocenters. The van der Waals surface area contributed by atoms with Crippen LogP contribution in [0.15, 0.2) is 23.2 Å². The molecule has 0 saturated heterocycles. The summed E-state index contributed by atoms with van der Waals surface area (Å²) in [6, 6.07) is 6.01. The predicted molar refractivity (Wildman–Crippen MR) is 121 cm³/mol. The summed E-state index contributed by atoms with van der Waals surface area (Å²) in [7, 11) is 1.74. The Balaban J connectivity index is 1.79. The van der Waals surface area contributed by atoms with Crippen LogP contribution in [-0.4, -0.2) is 45.2 Å². The van der Waals surface area contributed by atoms with Crippen LogP contribution >= 0.6 is 0 Å². The molecule has 0 heterocycles. The van der Waals surface area contributed by atoms with Gasteiger partial charge in [-0.3, -0.25) is 9.79 Å². The van der Waals surface area contributed by atoms with Gasteiger partial charge >= 0.3 is 0 Å². The highest BCUT2D eigenvalue weighted by atomic mass is 16.5. The topological polar surface area (TPSA) is 84.0 Å². The van der Waals surface area contributed by atoms with Crippen molar-refractivity contribution in [2.75, 3.05) is 33.4 Å². The highest BCUT2D eigenvalue weighted by Crippen LogP contribution is 2.30. The van der Waals surface area contributed by atoms with E-state index in [1.54, 1.807) is 7.05 Å². The number of nitrogens with one attached hydrogen (secondary N) is 3. The third kappa shape index (κ3) is 7.76. The van der Waals surface area contributed by atoms with Gasteiger partial charge < -0.3 is 25.4 Å². The van der Waals surface area contributed by atoms with Crippen molar-refractivity contribution in [2.24, 2.45) is 10.9 Å². The maximum atomic E-state index is 12.0. The highest BCUT2D eigenvalue weighted by Gasteiger charge is 2.18. The lowest BCUT2D eigenvalue weighted by Crippen LogP contribution is -2.42. The summed E-state index contributed by atoms with van der Waals surface area (Å²) in [5.41, 5.74) is 1.08. The molecule has 1 aromatic rings. The van der Waals surface area contributed by atoms with Gasteiger partial charge in [0, 0.05) is 26.6 Å². The van der Waals surface area contributed by atoms with Crippen LogP contribution in [0.1, 0.15) is 64.5 Å². The molecule has 2 rings (SSSR count). The largest absolute Gasteiger partial charge is 0.490 e. The molecule has 1 aliphatic rings. The van der Waals surface area contributed by atoms with Crippen molar-refractivity contribution < 1.29 is 14.3 Å². The number of benzene rings is 1. The van der Waals surface area contributed by atoms with Crippen LogP contribution in [0.25, 0.3) is 0 Å². The Labute approximate surface area is 181 Å². The van der Waals surface area contributed by atoms with Gasteiger partial charge in [-0.1, -0.05) is 18.9 Å². The van der Waals surface area contributed by atoms with Gasteiger partial charge in [0.25, 0.3) is 0 Å². The first-order valence-electron chi connectivity index (χ1n) is 11.2. The Hall–Kier alpha value is -2.44. The van der Waals surface area contributed by atoms with Crippen LogP contribution in [0.4, 0.5) is 0 Å². The second-order valence-electron chi connectivity index (χ2n) is 7.64. The molecule has 1 atom stereocenters. The average Bonchev–Trinajstić information content (AvgIpc) is 3.24. The van der Waals surface area contributed by atoms with Crippen molar-refractivity contribution in [2.45, 2.75) is 58.9 Å². The van der Waals surface area contributed by atoms with Crippen molar-refractivity contribution in [3.63, 3.8) is 0 Å². The van der Waals surface area contributed by atoms with Crippen LogP contribution in [-0.2, 0) is 4.79 Å². The molecule has 1 aliphatic carbocycles. The van der Waals surface area contributed by atoms with E-state index in [0.29, 0.717) is 44.6 Å². The van der Waals surface area contributed by atoms with Gasteiger partial charge in [-0.15, -0.1) is 0 Å². The summed E-state index contributed by atoms with van der Waals surface area (Å²) in [5.74, 6) is 2.92. The number of aliphatic imine (C=N–C) groups is 1. The van der Waals surface area contributed by atoms with Crippen molar-refractivity contribution in [1.29, 1.82) is 0 Å². The van der Waals surface area contributed by atoms with E-state index in [2.05, 4.69) is 27.9 Å². The van der Waals surface area contributed by atoms with Crippen LogP contribution in [0.2, 0.25) is 0 Å². The second kappa shape index (κ2) is 13.0. The van der Waals surface area contributed by atoms with Crippen molar-refractivity contribution >= 4 is 11.9 Å². The summed E-state index contributed by atoms with van der Waals surface area (Å²) in [4.78, 5) is 16.3. The van der Waals surface area contributed by atoms with E-state index in [1.165, 1.54) is 25.7 Å². The van der Waals surface area contributed by atoms with E-state index in [1.807, 2.05) is 32.0 Å².